The van der Waals surface area contributed by atoms with Crippen molar-refractivity contribution in [2.45, 2.75) is 45.1 Å². The standard InChI is InChI=1S/C15H19NO3/c1-10-8-12(11(2)14(19-3)13(10)18)15(16-9-17)6-4-5-7-15/h8,18H,4-7H2,1-3H3. The third-order valence-electron chi connectivity index (χ3n) is 4.09. The lowest BCUT2D eigenvalue weighted by Crippen LogP contribution is -2.21. The first-order chi connectivity index (χ1) is 9.05. The molecule has 0 aliphatic heterocycles. The Morgan fingerprint density at radius 3 is 2.53 bits per heavy atom. The number of rotatable bonds is 3. The van der Waals surface area contributed by atoms with Crippen molar-refractivity contribution in [2.75, 3.05) is 7.11 Å². The van der Waals surface area contributed by atoms with Crippen LogP contribution in [0.3, 0.4) is 0 Å². The molecule has 4 nitrogen and oxygen atoms in total. The monoisotopic (exact) mass is 261 g/mol. The van der Waals surface area contributed by atoms with E-state index in [-0.39, 0.29) is 5.75 Å². The van der Waals surface area contributed by atoms with E-state index in [1.807, 2.05) is 19.9 Å². The largest absolute Gasteiger partial charge is 0.504 e. The zero-order valence-corrected chi connectivity index (χ0v) is 11.6. The van der Waals surface area contributed by atoms with Crippen molar-refractivity contribution in [1.29, 1.82) is 0 Å². The highest BCUT2D eigenvalue weighted by atomic mass is 16.5. The minimum Gasteiger partial charge on any atom is -0.504 e. The molecular formula is C15H19NO3. The number of hydrogen-bond donors (Lipinski definition) is 1. The van der Waals surface area contributed by atoms with Crippen LogP contribution in [0.2, 0.25) is 0 Å². The van der Waals surface area contributed by atoms with Crippen molar-refractivity contribution in [1.82, 2.24) is 0 Å². The Morgan fingerprint density at radius 1 is 1.37 bits per heavy atom. The fraction of sp³-hybridized carbons (Fsp3) is 0.533. The van der Waals surface area contributed by atoms with Crippen molar-refractivity contribution >= 4 is 6.08 Å². The Morgan fingerprint density at radius 2 is 2.00 bits per heavy atom. The second-order valence-corrected chi connectivity index (χ2v) is 5.19. The van der Waals surface area contributed by atoms with Gasteiger partial charge in [0.1, 0.15) is 0 Å². The molecule has 1 aliphatic rings. The highest BCUT2D eigenvalue weighted by molar-refractivity contribution is 5.56. The summed E-state index contributed by atoms with van der Waals surface area (Å²) in [6.07, 6.45) is 5.50. The van der Waals surface area contributed by atoms with Gasteiger partial charge in [0.25, 0.3) is 0 Å². The van der Waals surface area contributed by atoms with Gasteiger partial charge in [0.15, 0.2) is 11.5 Å². The van der Waals surface area contributed by atoms with Gasteiger partial charge in [-0.2, -0.15) is 4.99 Å². The van der Waals surface area contributed by atoms with Gasteiger partial charge >= 0.3 is 0 Å². The summed E-state index contributed by atoms with van der Waals surface area (Å²) in [4.78, 5) is 14.9. The number of benzene rings is 1. The van der Waals surface area contributed by atoms with E-state index in [9.17, 15) is 9.90 Å². The summed E-state index contributed by atoms with van der Waals surface area (Å²) in [7, 11) is 1.54. The number of isocyanates is 1. The third-order valence-corrected chi connectivity index (χ3v) is 4.09. The van der Waals surface area contributed by atoms with Gasteiger partial charge < -0.3 is 9.84 Å². The molecule has 1 fully saturated rings. The Bertz CT molecular complexity index is 539. The predicted molar refractivity (Wildman–Crippen MR) is 72.4 cm³/mol. The zero-order chi connectivity index (χ0) is 14.0. The number of methoxy groups -OCH3 is 1. The van der Waals surface area contributed by atoms with Crippen LogP contribution in [0.5, 0.6) is 11.5 Å². The Hall–Kier alpha value is -1.80. The van der Waals surface area contributed by atoms with Crippen LogP contribution < -0.4 is 4.74 Å². The molecule has 0 amide bonds. The zero-order valence-electron chi connectivity index (χ0n) is 11.6. The van der Waals surface area contributed by atoms with E-state index in [4.69, 9.17) is 4.74 Å². The van der Waals surface area contributed by atoms with Crippen LogP contribution >= 0.6 is 0 Å². The summed E-state index contributed by atoms with van der Waals surface area (Å²) >= 11 is 0. The fourth-order valence-electron chi connectivity index (χ4n) is 3.09. The summed E-state index contributed by atoms with van der Waals surface area (Å²) in [5.74, 6) is 0.634. The first-order valence-corrected chi connectivity index (χ1v) is 6.52. The smallest absolute Gasteiger partial charge is 0.235 e. The minimum atomic E-state index is -0.489. The van der Waals surface area contributed by atoms with Crippen molar-refractivity contribution < 1.29 is 14.6 Å². The van der Waals surface area contributed by atoms with Gasteiger partial charge in [0.05, 0.1) is 12.6 Å². The highest BCUT2D eigenvalue weighted by Gasteiger charge is 2.38. The quantitative estimate of drug-likeness (QED) is 0.671. The van der Waals surface area contributed by atoms with E-state index in [1.165, 1.54) is 7.11 Å². The van der Waals surface area contributed by atoms with Crippen molar-refractivity contribution in [3.63, 3.8) is 0 Å². The van der Waals surface area contributed by atoms with Crippen molar-refractivity contribution in [2.24, 2.45) is 4.99 Å². The van der Waals surface area contributed by atoms with Crippen LogP contribution in [0.15, 0.2) is 11.1 Å². The third kappa shape index (κ3) is 2.13. The molecule has 1 aliphatic carbocycles. The molecular weight excluding hydrogens is 242 g/mol. The van der Waals surface area contributed by atoms with E-state index in [0.717, 1.165) is 42.4 Å². The molecule has 0 unspecified atom stereocenters. The Labute approximate surface area is 113 Å². The lowest BCUT2D eigenvalue weighted by Gasteiger charge is -2.27. The maximum atomic E-state index is 10.8. The van der Waals surface area contributed by atoms with Crippen LogP contribution in [-0.2, 0) is 10.3 Å². The molecule has 102 valence electrons. The number of aliphatic imine (C=N–C) groups is 1. The van der Waals surface area contributed by atoms with Crippen molar-refractivity contribution in [3.8, 4) is 11.5 Å². The number of nitrogens with zero attached hydrogens (tertiary/aromatic N) is 1. The first kappa shape index (κ1) is 13.6. The van der Waals surface area contributed by atoms with Crippen LogP contribution in [0.25, 0.3) is 0 Å². The number of aryl methyl sites for hydroxylation is 1. The fourth-order valence-corrected chi connectivity index (χ4v) is 3.09. The predicted octanol–water partition coefficient (Wildman–Crippen LogP) is 3.12. The maximum absolute atomic E-state index is 10.8. The number of ether oxygens (including phenoxy) is 1. The summed E-state index contributed by atoms with van der Waals surface area (Å²) in [6.45, 7) is 3.72. The van der Waals surface area contributed by atoms with Gasteiger partial charge in [-0.1, -0.05) is 12.8 Å². The molecule has 0 aromatic heterocycles. The first-order valence-electron chi connectivity index (χ1n) is 6.52. The molecule has 2 rings (SSSR count). The van der Waals surface area contributed by atoms with Gasteiger partial charge in [-0.3, -0.25) is 0 Å². The molecule has 19 heavy (non-hydrogen) atoms. The number of aromatic hydroxyl groups is 1. The van der Waals surface area contributed by atoms with Gasteiger partial charge in [-0.25, -0.2) is 4.79 Å². The molecule has 0 radical (unpaired) electrons. The van der Waals surface area contributed by atoms with E-state index in [2.05, 4.69) is 4.99 Å². The highest BCUT2D eigenvalue weighted by Crippen LogP contribution is 2.47. The molecule has 1 N–H and O–H groups in total. The molecule has 0 saturated heterocycles. The number of phenolic OH excluding ortho intramolecular Hbond substituents is 1. The molecule has 1 aromatic rings. The number of carbonyl (C=O) groups excluding carboxylic acids is 1. The summed E-state index contributed by atoms with van der Waals surface area (Å²) < 4.78 is 5.29. The minimum absolute atomic E-state index is 0.159. The second-order valence-electron chi connectivity index (χ2n) is 5.19. The van der Waals surface area contributed by atoms with Crippen LogP contribution in [0.4, 0.5) is 0 Å². The normalized spacial score (nSPS) is 17.0. The molecule has 0 bridgehead atoms. The Balaban J connectivity index is 2.67. The van der Waals surface area contributed by atoms with E-state index >= 15 is 0 Å². The van der Waals surface area contributed by atoms with Crippen LogP contribution in [-0.4, -0.2) is 18.3 Å². The van der Waals surface area contributed by atoms with Crippen molar-refractivity contribution in [3.05, 3.63) is 22.8 Å². The average molecular weight is 261 g/mol. The molecule has 4 heteroatoms. The lowest BCUT2D eigenvalue weighted by molar-refractivity contribution is 0.364. The SMILES string of the molecule is COc1c(C)c(C2(N=C=O)CCCC2)cc(C)c1O. The summed E-state index contributed by atoms with van der Waals surface area (Å²) in [5.41, 5.74) is 2.08. The molecule has 1 aromatic carbocycles. The average Bonchev–Trinajstić information content (AvgIpc) is 2.84. The van der Waals surface area contributed by atoms with Gasteiger partial charge in [0, 0.05) is 5.56 Å². The van der Waals surface area contributed by atoms with Gasteiger partial charge in [0.2, 0.25) is 6.08 Å². The van der Waals surface area contributed by atoms with Gasteiger partial charge in [-0.05, 0) is 43.9 Å². The van der Waals surface area contributed by atoms with Gasteiger partial charge in [-0.15, -0.1) is 0 Å². The summed E-state index contributed by atoms with van der Waals surface area (Å²) in [6, 6.07) is 1.92. The lowest BCUT2D eigenvalue weighted by atomic mass is 9.84. The Kier molecular flexibility index (Phi) is 3.63. The molecule has 0 spiro atoms. The van der Waals surface area contributed by atoms with Crippen LogP contribution in [0, 0.1) is 13.8 Å². The van der Waals surface area contributed by atoms with E-state index in [1.54, 1.807) is 6.08 Å². The number of hydrogen-bond acceptors (Lipinski definition) is 4. The number of phenols is 1. The topological polar surface area (TPSA) is 58.9 Å². The molecule has 0 atom stereocenters. The van der Waals surface area contributed by atoms with Crippen LogP contribution in [0.1, 0.15) is 42.4 Å². The summed E-state index contributed by atoms with van der Waals surface area (Å²) in [5, 5.41) is 10.0. The second kappa shape index (κ2) is 5.06. The molecule has 1 saturated carbocycles. The maximum Gasteiger partial charge on any atom is 0.235 e. The molecule has 0 heterocycles. The van der Waals surface area contributed by atoms with E-state index < -0.39 is 5.54 Å². The van der Waals surface area contributed by atoms with E-state index in [0.29, 0.717) is 5.75 Å².